The summed E-state index contributed by atoms with van der Waals surface area (Å²) < 4.78 is 19.5. The van der Waals surface area contributed by atoms with Crippen molar-refractivity contribution in [2.45, 2.75) is 6.54 Å². The summed E-state index contributed by atoms with van der Waals surface area (Å²) in [7, 11) is 1.71. The number of benzene rings is 2. The van der Waals surface area contributed by atoms with Gasteiger partial charge >= 0.3 is 0 Å². The summed E-state index contributed by atoms with van der Waals surface area (Å²) in [5.41, 5.74) is 2.27. The van der Waals surface area contributed by atoms with E-state index in [2.05, 4.69) is 31.8 Å². The van der Waals surface area contributed by atoms with Gasteiger partial charge in [-0.25, -0.2) is 4.39 Å². The Morgan fingerprint density at radius 3 is 2.52 bits per heavy atom. The smallest absolute Gasteiger partial charge is 0.142 e. The molecule has 0 unspecified atom stereocenters. The number of ether oxygens (including phenoxy) is 1. The number of hydrogen-bond acceptors (Lipinski definition) is 3. The van der Waals surface area contributed by atoms with Gasteiger partial charge < -0.3 is 9.64 Å². The first-order valence-corrected chi connectivity index (χ1v) is 8.51. The van der Waals surface area contributed by atoms with Crippen molar-refractivity contribution in [1.82, 2.24) is 4.90 Å². The van der Waals surface area contributed by atoms with E-state index in [1.54, 1.807) is 7.11 Å². The number of anilines is 1. The van der Waals surface area contributed by atoms with Crippen LogP contribution in [0.25, 0.3) is 0 Å². The lowest BCUT2D eigenvalue weighted by Gasteiger charge is -2.36. The molecule has 3 rings (SSSR count). The quantitative estimate of drug-likeness (QED) is 0.801. The predicted octanol–water partition coefficient (Wildman–Crippen LogP) is 3.92. The number of methoxy groups -OCH3 is 1. The van der Waals surface area contributed by atoms with Crippen molar-refractivity contribution < 1.29 is 9.13 Å². The predicted molar refractivity (Wildman–Crippen MR) is 94.6 cm³/mol. The van der Waals surface area contributed by atoms with Gasteiger partial charge in [-0.1, -0.05) is 34.1 Å². The van der Waals surface area contributed by atoms with Crippen LogP contribution in [0.1, 0.15) is 5.56 Å². The lowest BCUT2D eigenvalue weighted by atomic mass is 10.2. The Bertz CT molecular complexity index is 672. The Balaban J connectivity index is 1.62. The fourth-order valence-corrected chi connectivity index (χ4v) is 3.40. The van der Waals surface area contributed by atoms with Crippen LogP contribution in [0, 0.1) is 5.82 Å². The zero-order valence-electron chi connectivity index (χ0n) is 13.1. The first-order chi connectivity index (χ1) is 11.2. The zero-order chi connectivity index (χ0) is 16.2. The van der Waals surface area contributed by atoms with Crippen LogP contribution < -0.4 is 9.64 Å². The normalized spacial score (nSPS) is 15.7. The highest BCUT2D eigenvalue weighted by Crippen LogP contribution is 2.29. The number of hydrogen-bond donors (Lipinski definition) is 0. The van der Waals surface area contributed by atoms with Crippen molar-refractivity contribution in [2.24, 2.45) is 0 Å². The van der Waals surface area contributed by atoms with Crippen molar-refractivity contribution in [3.05, 3.63) is 58.3 Å². The number of piperazine rings is 1. The third-order valence-electron chi connectivity index (χ3n) is 4.21. The molecule has 2 aromatic carbocycles. The molecule has 1 fully saturated rings. The first kappa shape index (κ1) is 16.3. The van der Waals surface area contributed by atoms with Gasteiger partial charge in [-0.05, 0) is 29.8 Å². The van der Waals surface area contributed by atoms with E-state index in [4.69, 9.17) is 4.74 Å². The topological polar surface area (TPSA) is 15.7 Å². The van der Waals surface area contributed by atoms with Crippen molar-refractivity contribution in [2.75, 3.05) is 38.2 Å². The highest BCUT2D eigenvalue weighted by atomic mass is 79.9. The summed E-state index contributed by atoms with van der Waals surface area (Å²) >= 11 is 3.45. The highest BCUT2D eigenvalue weighted by molar-refractivity contribution is 9.10. The lowest BCUT2D eigenvalue weighted by Crippen LogP contribution is -2.46. The molecule has 1 heterocycles. The maximum atomic E-state index is 13.2. The fraction of sp³-hybridized carbons (Fsp3) is 0.333. The molecule has 0 saturated carbocycles. The van der Waals surface area contributed by atoms with Gasteiger partial charge in [-0.15, -0.1) is 0 Å². The van der Waals surface area contributed by atoms with Crippen LogP contribution in [-0.2, 0) is 6.54 Å². The lowest BCUT2D eigenvalue weighted by molar-refractivity contribution is 0.248. The van der Waals surface area contributed by atoms with E-state index in [1.165, 1.54) is 12.1 Å². The highest BCUT2D eigenvalue weighted by Gasteiger charge is 2.20. The largest absolute Gasteiger partial charge is 0.495 e. The minimum atomic E-state index is -0.207. The molecular weight excluding hydrogens is 359 g/mol. The molecule has 3 nitrogen and oxygen atoms in total. The number of nitrogens with zero attached hydrogens (tertiary/aromatic N) is 2. The second-order valence-electron chi connectivity index (χ2n) is 5.67. The molecule has 0 radical (unpaired) electrons. The van der Waals surface area contributed by atoms with Gasteiger partial charge in [0.1, 0.15) is 11.6 Å². The van der Waals surface area contributed by atoms with Gasteiger partial charge in [-0.2, -0.15) is 0 Å². The second-order valence-corrected chi connectivity index (χ2v) is 6.53. The molecule has 2 aromatic rings. The molecule has 122 valence electrons. The van der Waals surface area contributed by atoms with E-state index in [0.717, 1.165) is 54.2 Å². The van der Waals surface area contributed by atoms with E-state index >= 15 is 0 Å². The van der Waals surface area contributed by atoms with Crippen LogP contribution in [0.2, 0.25) is 0 Å². The van der Waals surface area contributed by atoms with Crippen molar-refractivity contribution in [3.63, 3.8) is 0 Å². The minimum absolute atomic E-state index is 0.207. The molecule has 0 N–H and O–H groups in total. The molecule has 1 aliphatic rings. The molecule has 23 heavy (non-hydrogen) atoms. The average Bonchev–Trinajstić information content (AvgIpc) is 2.58. The van der Waals surface area contributed by atoms with Gasteiger partial charge in [0.2, 0.25) is 0 Å². The van der Waals surface area contributed by atoms with E-state index in [0.29, 0.717) is 0 Å². The summed E-state index contributed by atoms with van der Waals surface area (Å²) in [6.07, 6.45) is 0. The van der Waals surface area contributed by atoms with Crippen LogP contribution in [0.5, 0.6) is 5.75 Å². The Morgan fingerprint density at radius 1 is 1.09 bits per heavy atom. The van der Waals surface area contributed by atoms with Crippen LogP contribution >= 0.6 is 15.9 Å². The van der Waals surface area contributed by atoms with Crippen molar-refractivity contribution in [1.29, 1.82) is 0 Å². The molecule has 5 heteroatoms. The molecule has 1 saturated heterocycles. The number of halogens is 2. The minimum Gasteiger partial charge on any atom is -0.495 e. The standard InChI is InChI=1S/C18H20BrFN2O/c1-23-18-5-3-2-4-17(18)22-10-8-21(9-11-22)13-14-6-7-15(20)12-16(14)19/h2-7,12H,8-11,13H2,1H3. The maximum absolute atomic E-state index is 13.2. The van der Waals surface area contributed by atoms with Crippen LogP contribution in [-0.4, -0.2) is 38.2 Å². The van der Waals surface area contributed by atoms with Crippen molar-refractivity contribution >= 4 is 21.6 Å². The van der Waals surface area contributed by atoms with Gasteiger partial charge in [0, 0.05) is 37.2 Å². The molecule has 0 spiro atoms. The molecular formula is C18H20BrFN2O. The molecule has 0 aromatic heterocycles. The van der Waals surface area contributed by atoms with E-state index in [9.17, 15) is 4.39 Å². The molecule has 0 bridgehead atoms. The van der Waals surface area contributed by atoms with Crippen LogP contribution in [0.3, 0.4) is 0 Å². The SMILES string of the molecule is COc1ccccc1N1CCN(Cc2ccc(F)cc2Br)CC1. The van der Waals surface area contributed by atoms with Crippen molar-refractivity contribution in [3.8, 4) is 5.75 Å². The molecule has 0 aliphatic carbocycles. The summed E-state index contributed by atoms with van der Waals surface area (Å²) in [5.74, 6) is 0.712. The van der Waals surface area contributed by atoms with Gasteiger partial charge in [0.05, 0.1) is 12.8 Å². The first-order valence-electron chi connectivity index (χ1n) is 7.71. The Morgan fingerprint density at radius 2 is 1.83 bits per heavy atom. The van der Waals surface area contributed by atoms with E-state index in [-0.39, 0.29) is 5.82 Å². The Labute approximate surface area is 144 Å². The Kier molecular flexibility index (Phi) is 5.18. The second kappa shape index (κ2) is 7.32. The maximum Gasteiger partial charge on any atom is 0.142 e. The van der Waals surface area contributed by atoms with Crippen LogP contribution in [0.15, 0.2) is 46.9 Å². The number of rotatable bonds is 4. The number of para-hydroxylation sites is 2. The van der Waals surface area contributed by atoms with Gasteiger partial charge in [-0.3, -0.25) is 4.90 Å². The molecule has 1 aliphatic heterocycles. The van der Waals surface area contributed by atoms with Gasteiger partial charge in [0.15, 0.2) is 0 Å². The zero-order valence-corrected chi connectivity index (χ0v) is 14.7. The third-order valence-corrected chi connectivity index (χ3v) is 4.95. The summed E-state index contributed by atoms with van der Waals surface area (Å²) in [6.45, 7) is 4.70. The molecule has 0 atom stereocenters. The monoisotopic (exact) mass is 378 g/mol. The summed E-state index contributed by atoms with van der Waals surface area (Å²) in [5, 5.41) is 0. The third kappa shape index (κ3) is 3.85. The van der Waals surface area contributed by atoms with Crippen LogP contribution in [0.4, 0.5) is 10.1 Å². The van der Waals surface area contributed by atoms with E-state index in [1.807, 2.05) is 24.3 Å². The average molecular weight is 379 g/mol. The van der Waals surface area contributed by atoms with Gasteiger partial charge in [0.25, 0.3) is 0 Å². The summed E-state index contributed by atoms with van der Waals surface area (Å²) in [4.78, 5) is 4.75. The Hall–Kier alpha value is -1.59. The van der Waals surface area contributed by atoms with E-state index < -0.39 is 0 Å². The molecule has 0 amide bonds. The summed E-state index contributed by atoms with van der Waals surface area (Å²) in [6, 6.07) is 13.0. The fourth-order valence-electron chi connectivity index (χ4n) is 2.93.